The molecule has 0 fully saturated rings. The number of amides is 1. The zero-order valence-corrected chi connectivity index (χ0v) is 14.4. The highest BCUT2D eigenvalue weighted by Crippen LogP contribution is 2.28. The van der Waals surface area contributed by atoms with E-state index in [1.807, 2.05) is 0 Å². The molecule has 8 heteroatoms. The van der Waals surface area contributed by atoms with Gasteiger partial charge >= 0.3 is 0 Å². The van der Waals surface area contributed by atoms with Crippen LogP contribution in [-0.4, -0.2) is 25.6 Å². The van der Waals surface area contributed by atoms with E-state index < -0.39 is 12.3 Å². The molecule has 2 heterocycles. The summed E-state index contributed by atoms with van der Waals surface area (Å²) in [4.78, 5) is 17.0. The van der Waals surface area contributed by atoms with Gasteiger partial charge in [0.15, 0.2) is 5.65 Å². The van der Waals surface area contributed by atoms with Crippen molar-refractivity contribution in [3.63, 3.8) is 0 Å². The number of halogens is 2. The lowest BCUT2D eigenvalue weighted by molar-refractivity contribution is 0.102. The van der Waals surface area contributed by atoms with Crippen LogP contribution in [0.2, 0.25) is 0 Å². The lowest BCUT2D eigenvalue weighted by Gasteiger charge is -2.09. The van der Waals surface area contributed by atoms with E-state index in [1.165, 1.54) is 24.4 Å². The number of alkyl halides is 2. The number of nitrogens with one attached hydrogen (secondary N) is 1. The molecular formula is C20H14F2N4O2. The van der Waals surface area contributed by atoms with Crippen LogP contribution in [0, 0.1) is 0 Å². The van der Waals surface area contributed by atoms with Gasteiger partial charge in [0.25, 0.3) is 12.3 Å². The summed E-state index contributed by atoms with van der Waals surface area (Å²) in [5, 5.41) is 16.3. The molecule has 4 aromatic rings. The zero-order chi connectivity index (χ0) is 19.7. The Bertz CT molecular complexity index is 1160. The van der Waals surface area contributed by atoms with Gasteiger partial charge in [0.05, 0.1) is 17.6 Å². The average Bonchev–Trinajstić information content (AvgIpc) is 3.13. The highest BCUT2D eigenvalue weighted by Gasteiger charge is 2.22. The average molecular weight is 380 g/mol. The Morgan fingerprint density at radius 3 is 2.50 bits per heavy atom. The monoisotopic (exact) mass is 380 g/mol. The van der Waals surface area contributed by atoms with E-state index in [2.05, 4.69) is 15.4 Å². The number of hydrogen-bond acceptors (Lipinski definition) is 4. The quantitative estimate of drug-likeness (QED) is 0.518. The second-order valence-electron chi connectivity index (χ2n) is 6.00. The van der Waals surface area contributed by atoms with Crippen molar-refractivity contribution >= 4 is 17.2 Å². The maximum atomic E-state index is 13.6. The van der Waals surface area contributed by atoms with Crippen molar-refractivity contribution in [2.45, 2.75) is 6.43 Å². The lowest BCUT2D eigenvalue weighted by Crippen LogP contribution is -2.13. The first kappa shape index (κ1) is 17.6. The Hall–Kier alpha value is -3.81. The summed E-state index contributed by atoms with van der Waals surface area (Å²) in [6.07, 6.45) is -1.62. The van der Waals surface area contributed by atoms with E-state index in [0.29, 0.717) is 11.3 Å². The summed E-state index contributed by atoms with van der Waals surface area (Å²) in [7, 11) is 0. The normalized spacial score (nSPS) is 11.1. The first-order valence-corrected chi connectivity index (χ1v) is 8.36. The van der Waals surface area contributed by atoms with Crippen LogP contribution < -0.4 is 5.32 Å². The van der Waals surface area contributed by atoms with Crippen LogP contribution in [0.5, 0.6) is 5.75 Å². The van der Waals surface area contributed by atoms with Crippen molar-refractivity contribution in [3.05, 3.63) is 78.1 Å². The van der Waals surface area contributed by atoms with Gasteiger partial charge in [-0.25, -0.2) is 18.3 Å². The van der Waals surface area contributed by atoms with Gasteiger partial charge < -0.3 is 10.4 Å². The standard InChI is InChI=1S/C20H14F2N4O2/c21-18(22)16-10-15(12-6-2-1-3-7-12)24-19-13(11-23-26(16)19)20(28)25-14-8-4-5-9-17(14)27/h1-11,18,27H,(H,25,28). The maximum absolute atomic E-state index is 13.6. The fourth-order valence-corrected chi connectivity index (χ4v) is 2.83. The third kappa shape index (κ3) is 3.16. The molecule has 0 saturated carbocycles. The Balaban J connectivity index is 1.82. The third-order valence-electron chi connectivity index (χ3n) is 4.19. The van der Waals surface area contributed by atoms with Crippen molar-refractivity contribution in [1.82, 2.24) is 14.6 Å². The zero-order valence-electron chi connectivity index (χ0n) is 14.4. The molecule has 0 unspecified atom stereocenters. The molecule has 2 aromatic heterocycles. The van der Waals surface area contributed by atoms with Gasteiger partial charge in [0.1, 0.15) is 17.0 Å². The number of hydrogen-bond donors (Lipinski definition) is 2. The minimum atomic E-state index is -2.80. The summed E-state index contributed by atoms with van der Waals surface area (Å²) in [5.41, 5.74) is 0.791. The number of benzene rings is 2. The van der Waals surface area contributed by atoms with Crippen LogP contribution in [0.3, 0.4) is 0 Å². The molecule has 2 aromatic carbocycles. The van der Waals surface area contributed by atoms with Crippen LogP contribution in [0.25, 0.3) is 16.9 Å². The largest absolute Gasteiger partial charge is 0.506 e. The number of nitrogens with zero attached hydrogens (tertiary/aromatic N) is 3. The molecule has 0 aliphatic heterocycles. The molecule has 140 valence electrons. The number of phenolic OH excluding ortho intramolecular Hbond substituents is 1. The van der Waals surface area contributed by atoms with Crippen LogP contribution in [0.4, 0.5) is 14.5 Å². The summed E-state index contributed by atoms with van der Waals surface area (Å²) < 4.78 is 28.1. The number of fused-ring (bicyclic) bond motifs is 1. The number of aromatic nitrogens is 3. The van der Waals surface area contributed by atoms with Crippen LogP contribution in [-0.2, 0) is 0 Å². The van der Waals surface area contributed by atoms with Crippen molar-refractivity contribution < 1.29 is 18.7 Å². The van der Waals surface area contributed by atoms with Gasteiger partial charge in [0, 0.05) is 5.56 Å². The molecule has 0 aliphatic rings. The molecule has 4 rings (SSSR count). The highest BCUT2D eigenvalue weighted by molar-refractivity contribution is 6.08. The number of rotatable bonds is 4. The predicted octanol–water partition coefficient (Wildman–Crippen LogP) is 4.29. The fraction of sp³-hybridized carbons (Fsp3) is 0.0500. The van der Waals surface area contributed by atoms with Gasteiger partial charge in [-0.05, 0) is 18.2 Å². The highest BCUT2D eigenvalue weighted by atomic mass is 19.3. The summed E-state index contributed by atoms with van der Waals surface area (Å²) in [6, 6.07) is 16.3. The van der Waals surface area contributed by atoms with E-state index in [1.54, 1.807) is 42.5 Å². The maximum Gasteiger partial charge on any atom is 0.280 e. The van der Waals surface area contributed by atoms with E-state index in [9.17, 15) is 18.7 Å². The Kier molecular flexibility index (Phi) is 4.44. The minimum absolute atomic E-state index is 0.00424. The van der Waals surface area contributed by atoms with Gasteiger partial charge in [-0.2, -0.15) is 5.10 Å². The molecule has 0 radical (unpaired) electrons. The Morgan fingerprint density at radius 1 is 1.07 bits per heavy atom. The van der Waals surface area contributed by atoms with E-state index in [-0.39, 0.29) is 28.3 Å². The van der Waals surface area contributed by atoms with Crippen LogP contribution in [0.15, 0.2) is 66.9 Å². The van der Waals surface area contributed by atoms with Crippen molar-refractivity contribution in [2.24, 2.45) is 0 Å². The molecule has 2 N–H and O–H groups in total. The minimum Gasteiger partial charge on any atom is -0.506 e. The predicted molar refractivity (Wildman–Crippen MR) is 99.4 cm³/mol. The second-order valence-corrected chi connectivity index (χ2v) is 6.00. The molecule has 6 nitrogen and oxygen atoms in total. The third-order valence-corrected chi connectivity index (χ3v) is 4.19. The van der Waals surface area contributed by atoms with Gasteiger partial charge in [-0.1, -0.05) is 42.5 Å². The first-order chi connectivity index (χ1) is 13.5. The van der Waals surface area contributed by atoms with Crippen LogP contribution >= 0.6 is 0 Å². The molecule has 0 spiro atoms. The molecular weight excluding hydrogens is 366 g/mol. The topological polar surface area (TPSA) is 79.5 Å². The molecule has 0 saturated heterocycles. The summed E-state index contributed by atoms with van der Waals surface area (Å²) in [5.74, 6) is -0.729. The van der Waals surface area contributed by atoms with Crippen LogP contribution in [0.1, 0.15) is 22.5 Å². The number of carbonyl (C=O) groups excluding carboxylic acids is 1. The number of para-hydroxylation sites is 2. The Labute approximate surface area is 158 Å². The van der Waals surface area contributed by atoms with Crippen molar-refractivity contribution in [1.29, 1.82) is 0 Å². The molecule has 0 bridgehead atoms. The number of phenols is 1. The molecule has 0 aliphatic carbocycles. The van der Waals surface area contributed by atoms with Crippen molar-refractivity contribution in [2.75, 3.05) is 5.32 Å². The van der Waals surface area contributed by atoms with Gasteiger partial charge in [-0.3, -0.25) is 4.79 Å². The lowest BCUT2D eigenvalue weighted by atomic mass is 10.1. The second kappa shape index (κ2) is 7.07. The molecule has 28 heavy (non-hydrogen) atoms. The smallest absolute Gasteiger partial charge is 0.280 e. The summed E-state index contributed by atoms with van der Waals surface area (Å²) >= 11 is 0. The SMILES string of the molecule is O=C(Nc1ccccc1O)c1cnn2c(C(F)F)cc(-c3ccccc3)nc12. The molecule has 0 atom stereocenters. The van der Waals surface area contributed by atoms with E-state index in [0.717, 1.165) is 4.52 Å². The number of carbonyl (C=O) groups is 1. The Morgan fingerprint density at radius 2 is 1.79 bits per heavy atom. The van der Waals surface area contributed by atoms with Gasteiger partial charge in [-0.15, -0.1) is 0 Å². The fourth-order valence-electron chi connectivity index (χ4n) is 2.83. The van der Waals surface area contributed by atoms with E-state index >= 15 is 0 Å². The molecule has 1 amide bonds. The van der Waals surface area contributed by atoms with E-state index in [4.69, 9.17) is 0 Å². The first-order valence-electron chi connectivity index (χ1n) is 8.36. The van der Waals surface area contributed by atoms with Gasteiger partial charge in [0.2, 0.25) is 0 Å². The van der Waals surface area contributed by atoms with Crippen molar-refractivity contribution in [3.8, 4) is 17.0 Å². The summed E-state index contributed by atoms with van der Waals surface area (Å²) in [6.45, 7) is 0. The number of aromatic hydroxyl groups is 1. The number of anilines is 1.